The number of nitrogens with zero attached hydrogens (tertiary/aromatic N) is 7. The lowest BCUT2D eigenvalue weighted by atomic mass is 9.92. The highest BCUT2D eigenvalue weighted by atomic mass is 16.3. The molecule has 2 fully saturated rings. The van der Waals surface area contributed by atoms with Crippen LogP contribution in [0.5, 0.6) is 0 Å². The van der Waals surface area contributed by atoms with E-state index in [9.17, 15) is 10.4 Å². The van der Waals surface area contributed by atoms with Crippen LogP contribution in [0.1, 0.15) is 31.4 Å². The van der Waals surface area contributed by atoms with E-state index in [1.54, 1.807) is 0 Å². The summed E-state index contributed by atoms with van der Waals surface area (Å²) >= 11 is 0. The predicted molar refractivity (Wildman–Crippen MR) is 127 cm³/mol. The van der Waals surface area contributed by atoms with Crippen molar-refractivity contribution in [3.8, 4) is 6.07 Å². The molecular formula is C23H29N9O. The molecule has 0 bridgehead atoms. The molecule has 3 N–H and O–H groups in total. The largest absolute Gasteiger partial charge is 0.391 e. The van der Waals surface area contributed by atoms with E-state index in [2.05, 4.69) is 43.6 Å². The Labute approximate surface area is 192 Å². The average molecular weight is 448 g/mol. The quantitative estimate of drug-likeness (QED) is 0.541. The molecule has 0 spiro atoms. The molecule has 0 aromatic carbocycles. The fourth-order valence-electron chi connectivity index (χ4n) is 4.52. The summed E-state index contributed by atoms with van der Waals surface area (Å²) < 4.78 is 1.53. The predicted octanol–water partition coefficient (Wildman–Crippen LogP) is 2.21. The Bertz CT molecular complexity index is 1160. The van der Waals surface area contributed by atoms with Crippen LogP contribution in [0.25, 0.3) is 5.65 Å². The van der Waals surface area contributed by atoms with E-state index in [1.165, 1.54) is 10.7 Å². The highest BCUT2D eigenvalue weighted by Crippen LogP contribution is 2.27. The summed E-state index contributed by atoms with van der Waals surface area (Å²) in [5, 5.41) is 31.2. The number of anilines is 4. The van der Waals surface area contributed by atoms with Gasteiger partial charge in [0.1, 0.15) is 23.5 Å². The Kier molecular flexibility index (Phi) is 5.98. The smallest absolute Gasteiger partial charge is 0.179 e. The number of aliphatic hydroxyl groups excluding tert-OH is 1. The number of rotatable bonds is 5. The first-order valence-corrected chi connectivity index (χ1v) is 11.5. The summed E-state index contributed by atoms with van der Waals surface area (Å²) in [6.45, 7) is 3.90. The summed E-state index contributed by atoms with van der Waals surface area (Å²) in [6, 6.07) is 9.89. The molecule has 2 atom stereocenters. The summed E-state index contributed by atoms with van der Waals surface area (Å²) in [4.78, 5) is 13.8. The Morgan fingerprint density at radius 2 is 1.94 bits per heavy atom. The van der Waals surface area contributed by atoms with Gasteiger partial charge < -0.3 is 25.5 Å². The van der Waals surface area contributed by atoms with Gasteiger partial charge in [0.15, 0.2) is 11.3 Å². The molecule has 0 unspecified atom stereocenters. The molecule has 33 heavy (non-hydrogen) atoms. The normalized spacial score (nSPS) is 21.7. The minimum atomic E-state index is -0.409. The van der Waals surface area contributed by atoms with Gasteiger partial charge in [-0.15, -0.1) is 5.10 Å². The van der Waals surface area contributed by atoms with E-state index in [0.717, 1.165) is 57.7 Å². The van der Waals surface area contributed by atoms with Crippen LogP contribution in [-0.2, 0) is 0 Å². The Morgan fingerprint density at radius 3 is 2.73 bits per heavy atom. The molecule has 4 heterocycles. The highest BCUT2D eigenvalue weighted by Gasteiger charge is 2.24. The molecule has 2 aliphatic rings. The van der Waals surface area contributed by atoms with Gasteiger partial charge in [-0.25, -0.2) is 9.97 Å². The van der Waals surface area contributed by atoms with E-state index >= 15 is 0 Å². The number of fused-ring (bicyclic) bond motifs is 1. The number of nitriles is 1. The first-order chi connectivity index (χ1) is 16.1. The van der Waals surface area contributed by atoms with Crippen molar-refractivity contribution < 1.29 is 5.11 Å². The summed E-state index contributed by atoms with van der Waals surface area (Å²) in [5.74, 6) is 2.22. The van der Waals surface area contributed by atoms with Gasteiger partial charge in [0, 0.05) is 32.2 Å². The van der Waals surface area contributed by atoms with Gasteiger partial charge >= 0.3 is 0 Å². The Balaban J connectivity index is 1.44. The molecule has 3 aromatic rings. The van der Waals surface area contributed by atoms with Gasteiger partial charge in [-0.2, -0.15) is 9.78 Å². The first-order valence-electron chi connectivity index (χ1n) is 11.5. The molecule has 1 saturated carbocycles. The van der Waals surface area contributed by atoms with Crippen molar-refractivity contribution in [1.82, 2.24) is 24.5 Å². The summed E-state index contributed by atoms with van der Waals surface area (Å²) in [6.07, 6.45) is 4.87. The maximum Gasteiger partial charge on any atom is 0.179 e. The number of aromatic nitrogens is 4. The fourth-order valence-corrected chi connectivity index (χ4v) is 4.52. The van der Waals surface area contributed by atoms with Crippen molar-refractivity contribution in [3.63, 3.8) is 0 Å². The number of likely N-dealkylation sites (N-methyl/N-ethyl adjacent to an activating group) is 1. The lowest BCUT2D eigenvalue weighted by Crippen LogP contribution is -2.44. The van der Waals surface area contributed by atoms with E-state index in [1.807, 2.05) is 24.3 Å². The maximum absolute atomic E-state index is 10.4. The SMILES string of the molecule is CN1CCN(c2cccc(Nc3cc(N[C@@H]4CCCC[C@H]4O)nn4c(C#N)cnc34)n2)CC1. The molecule has 10 nitrogen and oxygen atoms in total. The zero-order valence-electron chi connectivity index (χ0n) is 18.8. The van der Waals surface area contributed by atoms with Crippen LogP contribution in [0, 0.1) is 11.3 Å². The van der Waals surface area contributed by atoms with Crippen molar-refractivity contribution in [2.45, 2.75) is 37.8 Å². The van der Waals surface area contributed by atoms with Crippen molar-refractivity contribution >= 4 is 28.8 Å². The first kappa shape index (κ1) is 21.4. The third-order valence-corrected chi connectivity index (χ3v) is 6.47. The zero-order valence-corrected chi connectivity index (χ0v) is 18.8. The number of pyridine rings is 1. The van der Waals surface area contributed by atoms with Crippen molar-refractivity contribution in [1.29, 1.82) is 5.26 Å². The molecule has 0 radical (unpaired) electrons. The number of imidazole rings is 1. The lowest BCUT2D eigenvalue weighted by molar-refractivity contribution is 0.116. The van der Waals surface area contributed by atoms with Crippen LogP contribution in [0.15, 0.2) is 30.5 Å². The van der Waals surface area contributed by atoms with Crippen LogP contribution < -0.4 is 15.5 Å². The fraction of sp³-hybridized carbons (Fsp3) is 0.478. The molecule has 1 saturated heterocycles. The topological polar surface area (TPSA) is 118 Å². The van der Waals surface area contributed by atoms with E-state index in [0.29, 0.717) is 28.7 Å². The van der Waals surface area contributed by atoms with E-state index in [4.69, 9.17) is 4.98 Å². The molecule has 1 aliphatic heterocycles. The molecule has 3 aromatic heterocycles. The van der Waals surface area contributed by atoms with Crippen LogP contribution in [-0.4, -0.2) is 75.0 Å². The van der Waals surface area contributed by atoms with Crippen molar-refractivity contribution in [2.24, 2.45) is 0 Å². The molecule has 1 aliphatic carbocycles. The third-order valence-electron chi connectivity index (χ3n) is 6.47. The average Bonchev–Trinajstić information content (AvgIpc) is 3.25. The van der Waals surface area contributed by atoms with Gasteiger partial charge in [0.05, 0.1) is 24.0 Å². The van der Waals surface area contributed by atoms with Gasteiger partial charge in [-0.3, -0.25) is 0 Å². The summed E-state index contributed by atoms with van der Waals surface area (Å²) in [7, 11) is 2.13. The Hall–Kier alpha value is -3.42. The zero-order chi connectivity index (χ0) is 22.8. The number of hydrogen-bond donors (Lipinski definition) is 3. The van der Waals surface area contributed by atoms with Crippen LogP contribution in [0.4, 0.5) is 23.1 Å². The molecule has 5 rings (SSSR count). The second kappa shape index (κ2) is 9.21. The number of hydrogen-bond acceptors (Lipinski definition) is 9. The molecule has 172 valence electrons. The minimum absolute atomic E-state index is 0.0655. The van der Waals surface area contributed by atoms with Crippen LogP contribution >= 0.6 is 0 Å². The van der Waals surface area contributed by atoms with Crippen molar-refractivity contribution in [2.75, 3.05) is 48.8 Å². The number of nitrogens with one attached hydrogen (secondary N) is 2. The van der Waals surface area contributed by atoms with Crippen molar-refractivity contribution in [3.05, 3.63) is 36.2 Å². The summed E-state index contributed by atoms with van der Waals surface area (Å²) in [5.41, 5.74) is 1.59. The van der Waals surface area contributed by atoms with E-state index < -0.39 is 6.10 Å². The van der Waals surface area contributed by atoms with Gasteiger partial charge in [0.25, 0.3) is 0 Å². The van der Waals surface area contributed by atoms with Crippen LogP contribution in [0.2, 0.25) is 0 Å². The van der Waals surface area contributed by atoms with Gasteiger partial charge in [-0.1, -0.05) is 18.9 Å². The molecular weight excluding hydrogens is 418 g/mol. The minimum Gasteiger partial charge on any atom is -0.391 e. The second-order valence-corrected chi connectivity index (χ2v) is 8.83. The number of piperazine rings is 1. The third kappa shape index (κ3) is 4.55. The Morgan fingerprint density at radius 1 is 1.12 bits per heavy atom. The standard InChI is InChI=1S/C23H29N9O/c1-30-9-11-31(12-10-30)22-8-4-7-20(28-22)27-18-13-21(26-17-5-2-3-6-19(17)33)29-32-16(14-24)15-25-23(18)32/h4,7-8,13,15,17,19,33H,2-3,5-6,9-12H2,1H3,(H,26,29)(H,27,28)/t17-,19-/m1/s1. The molecule has 0 amide bonds. The lowest BCUT2D eigenvalue weighted by Gasteiger charge is -2.33. The number of aliphatic hydroxyl groups is 1. The monoisotopic (exact) mass is 447 g/mol. The maximum atomic E-state index is 10.4. The van der Waals surface area contributed by atoms with E-state index in [-0.39, 0.29) is 6.04 Å². The highest BCUT2D eigenvalue weighted by molar-refractivity contribution is 5.75. The van der Waals surface area contributed by atoms with Gasteiger partial charge in [0.2, 0.25) is 0 Å². The second-order valence-electron chi connectivity index (χ2n) is 8.83. The van der Waals surface area contributed by atoms with Crippen LogP contribution in [0.3, 0.4) is 0 Å². The molecule has 10 heteroatoms. The van der Waals surface area contributed by atoms with Gasteiger partial charge in [-0.05, 0) is 32.0 Å².